The molecule has 3 aromatic rings. The molecule has 1 heterocycles. The van der Waals surface area contributed by atoms with Gasteiger partial charge in [-0.15, -0.1) is 15.0 Å². The Labute approximate surface area is 134 Å². The fourth-order valence-electron chi connectivity index (χ4n) is 2.46. The molecule has 2 aromatic carbocycles. The lowest BCUT2D eigenvalue weighted by molar-refractivity contribution is 0.467. The average Bonchev–Trinajstić information content (AvgIpc) is 2.92. The predicted molar refractivity (Wildman–Crippen MR) is 88.8 cm³/mol. The third-order valence-electron chi connectivity index (χ3n) is 3.67. The van der Waals surface area contributed by atoms with Gasteiger partial charge in [0, 0.05) is 5.02 Å². The first-order valence-corrected chi connectivity index (χ1v) is 7.90. The molecule has 1 N–H and O–H groups in total. The molecule has 0 saturated carbocycles. The number of hydrogen-bond donors (Lipinski definition) is 1. The van der Waals surface area contributed by atoms with Gasteiger partial charge in [-0.05, 0) is 48.7 Å². The topological polar surface area (TPSA) is 50.9 Å². The van der Waals surface area contributed by atoms with E-state index in [2.05, 4.69) is 17.1 Å². The summed E-state index contributed by atoms with van der Waals surface area (Å²) in [5.41, 5.74) is 3.24. The highest BCUT2D eigenvalue weighted by molar-refractivity contribution is 6.31. The van der Waals surface area contributed by atoms with Gasteiger partial charge in [-0.1, -0.05) is 37.4 Å². The molecule has 4 nitrogen and oxygen atoms in total. The van der Waals surface area contributed by atoms with Gasteiger partial charge in [-0.2, -0.15) is 0 Å². The summed E-state index contributed by atoms with van der Waals surface area (Å²) in [7, 11) is 0. The molecule has 3 rings (SSSR count). The van der Waals surface area contributed by atoms with Crippen molar-refractivity contribution >= 4 is 22.6 Å². The van der Waals surface area contributed by atoms with Gasteiger partial charge in [0.25, 0.3) is 0 Å². The van der Waals surface area contributed by atoms with Crippen LogP contribution in [-0.4, -0.2) is 20.1 Å². The summed E-state index contributed by atoms with van der Waals surface area (Å²) in [6.45, 7) is 2.19. The van der Waals surface area contributed by atoms with E-state index in [0.717, 1.165) is 18.4 Å². The van der Waals surface area contributed by atoms with Gasteiger partial charge in [-0.25, -0.2) is 0 Å². The summed E-state index contributed by atoms with van der Waals surface area (Å²) in [6.07, 6.45) is 4.54. The summed E-state index contributed by atoms with van der Waals surface area (Å²) in [5.74, 6) is 0.172. The summed E-state index contributed by atoms with van der Waals surface area (Å²) in [4.78, 5) is 1.47. The van der Waals surface area contributed by atoms with Gasteiger partial charge in [-0.3, -0.25) is 0 Å². The van der Waals surface area contributed by atoms with E-state index < -0.39 is 0 Å². The standard InChI is InChI=1S/C17H18ClN3O/c1-2-3-4-5-12-6-9-17(22)16(10-12)21-19-14-8-7-13(18)11-15(14)20-21/h6-11,22H,2-5H2,1H3. The van der Waals surface area contributed by atoms with Crippen molar-refractivity contribution in [1.29, 1.82) is 0 Å². The number of aromatic nitrogens is 3. The van der Waals surface area contributed by atoms with Crippen LogP contribution in [0.5, 0.6) is 5.75 Å². The molecule has 0 aliphatic carbocycles. The summed E-state index contributed by atoms with van der Waals surface area (Å²) < 4.78 is 0. The highest BCUT2D eigenvalue weighted by Crippen LogP contribution is 2.24. The van der Waals surface area contributed by atoms with Crippen molar-refractivity contribution in [3.8, 4) is 11.4 Å². The first-order valence-electron chi connectivity index (χ1n) is 7.52. The first kappa shape index (κ1) is 14.9. The number of hydrogen-bond acceptors (Lipinski definition) is 3. The predicted octanol–water partition coefficient (Wildman–Crippen LogP) is 4.51. The fraction of sp³-hybridized carbons (Fsp3) is 0.294. The average molecular weight is 316 g/mol. The van der Waals surface area contributed by atoms with Gasteiger partial charge in [0.2, 0.25) is 0 Å². The van der Waals surface area contributed by atoms with Gasteiger partial charge >= 0.3 is 0 Å². The summed E-state index contributed by atoms with van der Waals surface area (Å²) in [5, 5.41) is 19.5. The number of benzene rings is 2. The molecule has 0 amide bonds. The van der Waals surface area contributed by atoms with Gasteiger partial charge in [0.15, 0.2) is 0 Å². The fourth-order valence-corrected chi connectivity index (χ4v) is 2.63. The Bertz CT molecular complexity index is 798. The van der Waals surface area contributed by atoms with Crippen LogP contribution < -0.4 is 0 Å². The lowest BCUT2D eigenvalue weighted by atomic mass is 10.1. The van der Waals surface area contributed by atoms with E-state index in [1.165, 1.54) is 23.2 Å². The zero-order valence-electron chi connectivity index (χ0n) is 12.5. The zero-order chi connectivity index (χ0) is 15.5. The number of halogens is 1. The Morgan fingerprint density at radius 3 is 2.68 bits per heavy atom. The second-order valence-electron chi connectivity index (χ2n) is 5.40. The second-order valence-corrected chi connectivity index (χ2v) is 5.84. The molecule has 0 bridgehead atoms. The molecule has 0 fully saturated rings. The minimum Gasteiger partial charge on any atom is -0.506 e. The van der Waals surface area contributed by atoms with Crippen molar-refractivity contribution in [3.05, 3.63) is 47.0 Å². The van der Waals surface area contributed by atoms with Gasteiger partial charge in [0.05, 0.1) is 0 Å². The van der Waals surface area contributed by atoms with Crippen LogP contribution in [0.1, 0.15) is 31.7 Å². The number of aryl methyl sites for hydroxylation is 1. The van der Waals surface area contributed by atoms with Gasteiger partial charge < -0.3 is 5.11 Å². The molecule has 0 atom stereocenters. The van der Waals surface area contributed by atoms with Crippen molar-refractivity contribution in [2.75, 3.05) is 0 Å². The molecule has 0 saturated heterocycles. The van der Waals surface area contributed by atoms with Crippen LogP contribution in [0, 0.1) is 0 Å². The van der Waals surface area contributed by atoms with Crippen LogP contribution in [0.15, 0.2) is 36.4 Å². The Morgan fingerprint density at radius 1 is 1.05 bits per heavy atom. The molecule has 0 aliphatic rings. The van der Waals surface area contributed by atoms with E-state index in [9.17, 15) is 5.11 Å². The molecule has 22 heavy (non-hydrogen) atoms. The number of phenols is 1. The number of phenolic OH excluding ortho intramolecular Hbond substituents is 1. The monoisotopic (exact) mass is 315 g/mol. The first-order chi connectivity index (χ1) is 10.7. The van der Waals surface area contributed by atoms with Crippen LogP contribution >= 0.6 is 11.6 Å². The van der Waals surface area contributed by atoms with Crippen LogP contribution in [-0.2, 0) is 6.42 Å². The highest BCUT2D eigenvalue weighted by Gasteiger charge is 2.10. The molecule has 0 spiro atoms. The Hall–Kier alpha value is -2.07. The van der Waals surface area contributed by atoms with E-state index in [-0.39, 0.29) is 5.75 Å². The number of fused-ring (bicyclic) bond motifs is 1. The number of nitrogens with zero attached hydrogens (tertiary/aromatic N) is 3. The maximum absolute atomic E-state index is 10.1. The maximum atomic E-state index is 10.1. The number of rotatable bonds is 5. The largest absolute Gasteiger partial charge is 0.506 e. The van der Waals surface area contributed by atoms with E-state index in [1.54, 1.807) is 18.2 Å². The normalized spacial score (nSPS) is 11.2. The smallest absolute Gasteiger partial charge is 0.143 e. The van der Waals surface area contributed by atoms with E-state index in [0.29, 0.717) is 16.2 Å². The zero-order valence-corrected chi connectivity index (χ0v) is 13.2. The van der Waals surface area contributed by atoms with Crippen molar-refractivity contribution in [2.24, 2.45) is 0 Å². The van der Waals surface area contributed by atoms with Crippen molar-refractivity contribution in [2.45, 2.75) is 32.6 Å². The number of aromatic hydroxyl groups is 1. The molecule has 0 aliphatic heterocycles. The highest BCUT2D eigenvalue weighted by atomic mass is 35.5. The van der Waals surface area contributed by atoms with Crippen LogP contribution in [0.25, 0.3) is 16.7 Å². The van der Waals surface area contributed by atoms with E-state index in [1.807, 2.05) is 18.2 Å². The summed E-state index contributed by atoms with van der Waals surface area (Å²) >= 11 is 5.97. The lowest BCUT2D eigenvalue weighted by Crippen LogP contribution is -2.00. The third kappa shape index (κ3) is 3.07. The maximum Gasteiger partial charge on any atom is 0.143 e. The van der Waals surface area contributed by atoms with Crippen molar-refractivity contribution in [1.82, 2.24) is 15.0 Å². The quantitative estimate of drug-likeness (QED) is 0.705. The third-order valence-corrected chi connectivity index (χ3v) is 3.90. The minimum atomic E-state index is 0.172. The van der Waals surface area contributed by atoms with Crippen LogP contribution in [0.3, 0.4) is 0 Å². The second kappa shape index (κ2) is 6.36. The van der Waals surface area contributed by atoms with E-state index >= 15 is 0 Å². The molecule has 5 heteroatoms. The van der Waals surface area contributed by atoms with Crippen molar-refractivity contribution in [3.63, 3.8) is 0 Å². The summed E-state index contributed by atoms with van der Waals surface area (Å²) in [6, 6.07) is 11.0. The van der Waals surface area contributed by atoms with Gasteiger partial charge in [0.1, 0.15) is 22.5 Å². The van der Waals surface area contributed by atoms with Crippen LogP contribution in [0.2, 0.25) is 5.02 Å². The lowest BCUT2D eigenvalue weighted by Gasteiger charge is -2.06. The molecular formula is C17H18ClN3O. The Balaban J connectivity index is 1.96. The molecule has 1 aromatic heterocycles. The molecule has 0 unspecified atom stereocenters. The van der Waals surface area contributed by atoms with E-state index in [4.69, 9.17) is 11.6 Å². The van der Waals surface area contributed by atoms with Crippen molar-refractivity contribution < 1.29 is 5.11 Å². The molecular weight excluding hydrogens is 298 g/mol. The molecule has 0 radical (unpaired) electrons. The number of unbranched alkanes of at least 4 members (excludes halogenated alkanes) is 2. The molecule has 114 valence electrons. The van der Waals surface area contributed by atoms with Crippen LogP contribution in [0.4, 0.5) is 0 Å². The Kier molecular flexibility index (Phi) is 4.29. The minimum absolute atomic E-state index is 0.172. The SMILES string of the molecule is CCCCCc1ccc(O)c(-n2nc3ccc(Cl)cc3n2)c1. The Morgan fingerprint density at radius 2 is 1.86 bits per heavy atom.